The van der Waals surface area contributed by atoms with Gasteiger partial charge in [-0.15, -0.1) is 11.3 Å². The van der Waals surface area contributed by atoms with Crippen LogP contribution < -0.4 is 10.1 Å². The van der Waals surface area contributed by atoms with Crippen molar-refractivity contribution in [3.05, 3.63) is 45.4 Å². The summed E-state index contributed by atoms with van der Waals surface area (Å²) in [5.41, 5.74) is 2.57. The third-order valence-electron chi connectivity index (χ3n) is 3.86. The van der Waals surface area contributed by atoms with E-state index in [9.17, 15) is 0 Å². The lowest BCUT2D eigenvalue weighted by molar-refractivity contribution is 0.414. The van der Waals surface area contributed by atoms with Gasteiger partial charge in [0.2, 0.25) is 0 Å². The first-order valence-corrected chi connectivity index (χ1v) is 7.90. The van der Waals surface area contributed by atoms with E-state index in [2.05, 4.69) is 17.4 Å². The number of ether oxygens (including phenoxy) is 1. The summed E-state index contributed by atoms with van der Waals surface area (Å²) in [5.74, 6) is 0.905. The first-order chi connectivity index (χ1) is 9.80. The summed E-state index contributed by atoms with van der Waals surface area (Å²) in [4.78, 5) is 6.34. The molecule has 1 aromatic heterocycles. The third-order valence-corrected chi connectivity index (χ3v) is 4.99. The van der Waals surface area contributed by atoms with Gasteiger partial charge in [0, 0.05) is 11.3 Å². The second kappa shape index (κ2) is 5.94. The summed E-state index contributed by atoms with van der Waals surface area (Å²) in [6, 6.07) is 8.71. The molecule has 3 nitrogen and oxygen atoms in total. The Labute approximate surface area is 124 Å². The van der Waals surface area contributed by atoms with Gasteiger partial charge in [-0.3, -0.25) is 0 Å². The molecule has 0 fully saturated rings. The quantitative estimate of drug-likeness (QED) is 0.937. The fourth-order valence-electron chi connectivity index (χ4n) is 2.74. The van der Waals surface area contributed by atoms with Crippen molar-refractivity contribution in [2.45, 2.75) is 31.7 Å². The molecule has 3 rings (SSSR count). The predicted molar refractivity (Wildman–Crippen MR) is 82.7 cm³/mol. The Kier molecular flexibility index (Phi) is 4.03. The molecule has 0 spiro atoms. The van der Waals surface area contributed by atoms with E-state index < -0.39 is 0 Å². The average Bonchev–Trinajstić information content (AvgIpc) is 2.90. The van der Waals surface area contributed by atoms with E-state index in [4.69, 9.17) is 9.72 Å². The van der Waals surface area contributed by atoms with Crippen LogP contribution in [-0.2, 0) is 12.8 Å². The lowest BCUT2D eigenvalue weighted by Crippen LogP contribution is -2.21. The van der Waals surface area contributed by atoms with Crippen LogP contribution in [-0.4, -0.2) is 19.1 Å². The highest BCUT2D eigenvalue weighted by molar-refractivity contribution is 7.11. The second-order valence-electron chi connectivity index (χ2n) is 5.17. The Morgan fingerprint density at radius 2 is 2.15 bits per heavy atom. The molecule has 1 atom stereocenters. The van der Waals surface area contributed by atoms with Crippen molar-refractivity contribution >= 4 is 11.3 Å². The summed E-state index contributed by atoms with van der Waals surface area (Å²) in [6.45, 7) is 0. The maximum atomic E-state index is 5.19. The number of rotatable bonds is 4. The summed E-state index contributed by atoms with van der Waals surface area (Å²) in [6.07, 6.45) is 4.57. The molecule has 106 valence electrons. The van der Waals surface area contributed by atoms with E-state index in [0.29, 0.717) is 6.04 Å². The van der Waals surface area contributed by atoms with Gasteiger partial charge >= 0.3 is 0 Å². The second-order valence-corrected chi connectivity index (χ2v) is 6.34. The summed E-state index contributed by atoms with van der Waals surface area (Å²) in [7, 11) is 3.73. The van der Waals surface area contributed by atoms with Crippen molar-refractivity contribution in [2.24, 2.45) is 0 Å². The molecule has 1 heterocycles. The molecule has 0 aliphatic heterocycles. The number of aromatic nitrogens is 1. The Morgan fingerprint density at radius 1 is 1.35 bits per heavy atom. The third kappa shape index (κ3) is 2.72. The monoisotopic (exact) mass is 288 g/mol. The molecule has 0 bridgehead atoms. The molecule has 1 N–H and O–H groups in total. The summed E-state index contributed by atoms with van der Waals surface area (Å²) in [5, 5.41) is 4.60. The first-order valence-electron chi connectivity index (χ1n) is 7.09. The van der Waals surface area contributed by atoms with E-state index in [0.717, 1.165) is 12.2 Å². The number of benzene rings is 1. The van der Waals surface area contributed by atoms with Gasteiger partial charge in [0.25, 0.3) is 0 Å². The average molecular weight is 288 g/mol. The van der Waals surface area contributed by atoms with Gasteiger partial charge < -0.3 is 10.1 Å². The van der Waals surface area contributed by atoms with Gasteiger partial charge in [-0.25, -0.2) is 4.98 Å². The number of hydrogen-bond donors (Lipinski definition) is 1. The zero-order chi connectivity index (χ0) is 13.9. The number of thiazole rings is 1. The summed E-state index contributed by atoms with van der Waals surface area (Å²) < 4.78 is 5.19. The topological polar surface area (TPSA) is 34.1 Å². The maximum absolute atomic E-state index is 5.19. The number of aryl methyl sites for hydroxylation is 1. The SMILES string of the molecule is CNC1CCCc2sc(Cc3ccc(OC)cc3)nc21. The Bertz CT molecular complexity index is 577. The molecule has 1 aliphatic carbocycles. The van der Waals surface area contributed by atoms with Crippen LogP contribution in [0.3, 0.4) is 0 Å². The molecule has 0 radical (unpaired) electrons. The molecule has 20 heavy (non-hydrogen) atoms. The molecule has 0 amide bonds. The minimum absolute atomic E-state index is 0.444. The normalized spacial score (nSPS) is 17.8. The molecule has 1 aromatic carbocycles. The largest absolute Gasteiger partial charge is 0.497 e. The van der Waals surface area contributed by atoms with Crippen molar-refractivity contribution in [2.75, 3.05) is 14.2 Å². The van der Waals surface area contributed by atoms with Crippen LogP contribution in [0, 0.1) is 0 Å². The zero-order valence-electron chi connectivity index (χ0n) is 12.0. The minimum atomic E-state index is 0.444. The smallest absolute Gasteiger partial charge is 0.118 e. The highest BCUT2D eigenvalue weighted by Crippen LogP contribution is 2.33. The van der Waals surface area contributed by atoms with E-state index in [-0.39, 0.29) is 0 Å². The highest BCUT2D eigenvalue weighted by atomic mass is 32.1. The number of methoxy groups -OCH3 is 1. The van der Waals surface area contributed by atoms with Crippen LogP contribution in [0.2, 0.25) is 0 Å². The zero-order valence-corrected chi connectivity index (χ0v) is 12.8. The molecule has 1 aliphatic rings. The van der Waals surface area contributed by atoms with E-state index in [1.54, 1.807) is 7.11 Å². The van der Waals surface area contributed by atoms with Crippen LogP contribution in [0.1, 0.15) is 40.0 Å². The van der Waals surface area contributed by atoms with Crippen LogP contribution in [0.25, 0.3) is 0 Å². The van der Waals surface area contributed by atoms with Crippen molar-refractivity contribution in [1.82, 2.24) is 10.3 Å². The Balaban J connectivity index is 1.79. The van der Waals surface area contributed by atoms with Gasteiger partial charge in [0.15, 0.2) is 0 Å². The van der Waals surface area contributed by atoms with Gasteiger partial charge in [-0.05, 0) is 44.0 Å². The first kappa shape index (κ1) is 13.6. The van der Waals surface area contributed by atoms with E-state index >= 15 is 0 Å². The van der Waals surface area contributed by atoms with Crippen molar-refractivity contribution in [3.63, 3.8) is 0 Å². The lowest BCUT2D eigenvalue weighted by atomic mass is 9.98. The van der Waals surface area contributed by atoms with Crippen molar-refractivity contribution in [1.29, 1.82) is 0 Å². The molecule has 0 saturated carbocycles. The van der Waals surface area contributed by atoms with Gasteiger partial charge in [0.1, 0.15) is 5.75 Å². The lowest BCUT2D eigenvalue weighted by Gasteiger charge is -2.19. The number of hydrogen-bond acceptors (Lipinski definition) is 4. The van der Waals surface area contributed by atoms with E-state index in [1.807, 2.05) is 30.5 Å². The molecule has 2 aromatic rings. The Morgan fingerprint density at radius 3 is 2.85 bits per heavy atom. The van der Waals surface area contributed by atoms with Gasteiger partial charge in [-0.1, -0.05) is 12.1 Å². The molecule has 1 unspecified atom stereocenters. The van der Waals surface area contributed by atoms with Crippen molar-refractivity contribution < 1.29 is 4.74 Å². The van der Waals surface area contributed by atoms with Crippen molar-refractivity contribution in [3.8, 4) is 5.75 Å². The number of nitrogens with zero attached hydrogens (tertiary/aromatic N) is 1. The molecule has 0 saturated heterocycles. The maximum Gasteiger partial charge on any atom is 0.118 e. The number of fused-ring (bicyclic) bond motifs is 1. The summed E-state index contributed by atoms with van der Waals surface area (Å²) >= 11 is 1.88. The number of nitrogens with one attached hydrogen (secondary N) is 1. The van der Waals surface area contributed by atoms with Crippen LogP contribution in [0.15, 0.2) is 24.3 Å². The predicted octanol–water partition coefficient (Wildman–Crippen LogP) is 3.34. The molecular formula is C16H20N2OS. The van der Waals surface area contributed by atoms with Crippen LogP contribution in [0.4, 0.5) is 0 Å². The van der Waals surface area contributed by atoms with Gasteiger partial charge in [0.05, 0.1) is 23.9 Å². The van der Waals surface area contributed by atoms with Crippen LogP contribution >= 0.6 is 11.3 Å². The minimum Gasteiger partial charge on any atom is -0.497 e. The highest BCUT2D eigenvalue weighted by Gasteiger charge is 2.23. The Hall–Kier alpha value is -1.39. The molecular weight excluding hydrogens is 268 g/mol. The fraction of sp³-hybridized carbons (Fsp3) is 0.438. The van der Waals surface area contributed by atoms with E-state index in [1.165, 1.54) is 40.4 Å². The molecule has 4 heteroatoms. The standard InChI is InChI=1S/C16H20N2OS/c1-17-13-4-3-5-14-16(13)18-15(20-14)10-11-6-8-12(19-2)9-7-11/h6-9,13,17H,3-5,10H2,1-2H3. The van der Waals surface area contributed by atoms with Gasteiger partial charge in [-0.2, -0.15) is 0 Å². The van der Waals surface area contributed by atoms with Crippen LogP contribution in [0.5, 0.6) is 5.75 Å². The fourth-order valence-corrected chi connectivity index (χ4v) is 3.95.